The van der Waals surface area contributed by atoms with Gasteiger partial charge in [-0.2, -0.15) is 0 Å². The highest BCUT2D eigenvalue weighted by molar-refractivity contribution is 14.0. The molecule has 0 atom stereocenters. The molecule has 0 radical (unpaired) electrons. The lowest BCUT2D eigenvalue weighted by Crippen LogP contribution is -2.47. The first-order chi connectivity index (χ1) is 12.4. The van der Waals surface area contributed by atoms with E-state index < -0.39 is 0 Å². The molecule has 2 rings (SSSR count). The normalized spacial score (nSPS) is 11.4. The largest absolute Gasteiger partial charge is 0.493 e. The third kappa shape index (κ3) is 8.07. The first-order valence-electron chi connectivity index (χ1n) is 8.74. The van der Waals surface area contributed by atoms with E-state index in [-0.39, 0.29) is 29.5 Å². The lowest BCUT2D eigenvalue weighted by Gasteiger charge is -2.23. The maximum Gasteiger partial charge on any atom is 0.191 e. The van der Waals surface area contributed by atoms with Gasteiger partial charge >= 0.3 is 0 Å². The van der Waals surface area contributed by atoms with Crippen molar-refractivity contribution >= 4 is 29.9 Å². The zero-order chi connectivity index (χ0) is 19.0. The van der Waals surface area contributed by atoms with Gasteiger partial charge in [0.05, 0.1) is 7.11 Å². The molecule has 2 aromatic carbocycles. The van der Waals surface area contributed by atoms with Gasteiger partial charge < -0.3 is 20.1 Å². The van der Waals surface area contributed by atoms with Crippen molar-refractivity contribution in [2.24, 2.45) is 4.99 Å². The van der Waals surface area contributed by atoms with Crippen LogP contribution in [0.1, 0.15) is 31.9 Å². The van der Waals surface area contributed by atoms with Crippen molar-refractivity contribution in [3.63, 3.8) is 0 Å². The van der Waals surface area contributed by atoms with E-state index >= 15 is 0 Å². The summed E-state index contributed by atoms with van der Waals surface area (Å²) in [5.41, 5.74) is 2.16. The highest BCUT2D eigenvalue weighted by Gasteiger charge is 2.12. The van der Waals surface area contributed by atoms with Gasteiger partial charge in [0.25, 0.3) is 0 Å². The fraction of sp³-hybridized carbons (Fsp3) is 0.381. The molecule has 27 heavy (non-hydrogen) atoms. The van der Waals surface area contributed by atoms with E-state index in [1.54, 1.807) is 14.2 Å². The van der Waals surface area contributed by atoms with Crippen LogP contribution in [0.3, 0.4) is 0 Å². The van der Waals surface area contributed by atoms with Crippen LogP contribution in [0.2, 0.25) is 0 Å². The lowest BCUT2D eigenvalue weighted by molar-refractivity contribution is 0.284. The molecule has 0 aromatic heterocycles. The molecular weight excluding hydrogens is 453 g/mol. The van der Waals surface area contributed by atoms with E-state index in [1.165, 1.54) is 0 Å². The Labute approximate surface area is 179 Å². The summed E-state index contributed by atoms with van der Waals surface area (Å²) in [6.07, 6.45) is 0. The van der Waals surface area contributed by atoms with E-state index in [9.17, 15) is 0 Å². The molecule has 0 bridgehead atoms. The topological polar surface area (TPSA) is 54.9 Å². The molecule has 0 spiro atoms. The standard InChI is InChI=1S/C21H29N3O2.HI/c1-21(2,3)24-20(22-4)23-14-17-11-12-18(19(13-17)25-5)26-15-16-9-7-6-8-10-16;/h6-13H,14-15H2,1-5H3,(H2,22,23,24);1H. The summed E-state index contributed by atoms with van der Waals surface area (Å²) in [5, 5.41) is 6.65. The van der Waals surface area contributed by atoms with Gasteiger partial charge in [0.15, 0.2) is 17.5 Å². The molecule has 0 fully saturated rings. The average Bonchev–Trinajstić information content (AvgIpc) is 2.63. The van der Waals surface area contributed by atoms with Crippen molar-refractivity contribution in [1.82, 2.24) is 10.6 Å². The fourth-order valence-electron chi connectivity index (χ4n) is 2.40. The number of nitrogens with zero attached hydrogens (tertiary/aromatic N) is 1. The highest BCUT2D eigenvalue weighted by atomic mass is 127. The molecule has 0 unspecified atom stereocenters. The predicted octanol–water partition coefficient (Wildman–Crippen LogP) is 4.36. The molecule has 0 heterocycles. The van der Waals surface area contributed by atoms with Gasteiger partial charge in [0, 0.05) is 19.1 Å². The molecule has 148 valence electrons. The predicted molar refractivity (Wildman–Crippen MR) is 122 cm³/mol. The molecule has 0 saturated carbocycles. The summed E-state index contributed by atoms with van der Waals surface area (Å²) in [7, 11) is 3.42. The van der Waals surface area contributed by atoms with Crippen LogP contribution in [0.15, 0.2) is 53.5 Å². The number of aliphatic imine (C=N–C) groups is 1. The minimum Gasteiger partial charge on any atom is -0.493 e. The highest BCUT2D eigenvalue weighted by Crippen LogP contribution is 2.28. The summed E-state index contributed by atoms with van der Waals surface area (Å²) in [6, 6.07) is 16.0. The van der Waals surface area contributed by atoms with Crippen molar-refractivity contribution in [3.05, 3.63) is 59.7 Å². The summed E-state index contributed by atoms with van der Waals surface area (Å²) < 4.78 is 11.4. The molecule has 6 heteroatoms. The van der Waals surface area contributed by atoms with Crippen molar-refractivity contribution in [2.45, 2.75) is 39.5 Å². The van der Waals surface area contributed by atoms with Crippen LogP contribution in [0.25, 0.3) is 0 Å². The second-order valence-electron chi connectivity index (χ2n) is 7.06. The van der Waals surface area contributed by atoms with E-state index in [4.69, 9.17) is 9.47 Å². The second kappa shape index (κ2) is 11.0. The summed E-state index contributed by atoms with van der Waals surface area (Å²) in [5.74, 6) is 2.22. The number of methoxy groups -OCH3 is 1. The minimum absolute atomic E-state index is 0. The quantitative estimate of drug-likeness (QED) is 0.365. The van der Waals surface area contributed by atoms with Crippen LogP contribution in [-0.2, 0) is 13.2 Å². The van der Waals surface area contributed by atoms with Gasteiger partial charge in [-0.15, -0.1) is 24.0 Å². The van der Waals surface area contributed by atoms with Crippen LogP contribution in [-0.4, -0.2) is 25.7 Å². The smallest absolute Gasteiger partial charge is 0.191 e. The van der Waals surface area contributed by atoms with E-state index in [0.29, 0.717) is 13.2 Å². The van der Waals surface area contributed by atoms with Crippen molar-refractivity contribution in [3.8, 4) is 11.5 Å². The SMILES string of the molecule is CN=C(NCc1ccc(OCc2ccccc2)c(OC)c1)NC(C)(C)C.I. The van der Waals surface area contributed by atoms with Gasteiger partial charge in [-0.25, -0.2) is 0 Å². The van der Waals surface area contributed by atoms with Crippen LogP contribution in [0.5, 0.6) is 11.5 Å². The molecule has 0 amide bonds. The summed E-state index contributed by atoms with van der Waals surface area (Å²) >= 11 is 0. The van der Waals surface area contributed by atoms with Crippen LogP contribution in [0, 0.1) is 0 Å². The van der Waals surface area contributed by atoms with Crippen LogP contribution < -0.4 is 20.1 Å². The maximum atomic E-state index is 5.90. The Morgan fingerprint density at radius 3 is 2.30 bits per heavy atom. The molecule has 0 saturated heterocycles. The van der Waals surface area contributed by atoms with Crippen LogP contribution >= 0.6 is 24.0 Å². The zero-order valence-electron chi connectivity index (χ0n) is 16.7. The molecule has 0 aliphatic carbocycles. The van der Waals surface area contributed by atoms with Gasteiger partial charge in [-0.3, -0.25) is 4.99 Å². The van der Waals surface area contributed by atoms with Crippen molar-refractivity contribution in [2.75, 3.05) is 14.2 Å². The average molecular weight is 483 g/mol. The first-order valence-corrected chi connectivity index (χ1v) is 8.74. The number of rotatable bonds is 6. The van der Waals surface area contributed by atoms with Gasteiger partial charge in [0.2, 0.25) is 0 Å². The third-order valence-electron chi connectivity index (χ3n) is 3.64. The minimum atomic E-state index is -0.0470. The molecule has 0 aliphatic rings. The Kier molecular flexibility index (Phi) is 9.41. The zero-order valence-corrected chi connectivity index (χ0v) is 19.0. The molecule has 5 nitrogen and oxygen atoms in total. The van der Waals surface area contributed by atoms with Crippen LogP contribution in [0.4, 0.5) is 0 Å². The first kappa shape index (κ1) is 23.1. The Bertz CT molecular complexity index is 728. The number of benzene rings is 2. The number of hydrogen-bond donors (Lipinski definition) is 2. The Morgan fingerprint density at radius 1 is 1.00 bits per heavy atom. The number of guanidine groups is 1. The number of hydrogen-bond acceptors (Lipinski definition) is 3. The third-order valence-corrected chi connectivity index (χ3v) is 3.64. The summed E-state index contributed by atoms with van der Waals surface area (Å²) in [4.78, 5) is 4.25. The molecular formula is C21H30IN3O2. The fourth-order valence-corrected chi connectivity index (χ4v) is 2.40. The molecule has 2 aromatic rings. The maximum absolute atomic E-state index is 5.90. The van der Waals surface area contributed by atoms with E-state index in [2.05, 4.69) is 36.4 Å². The van der Waals surface area contributed by atoms with Crippen molar-refractivity contribution in [1.29, 1.82) is 0 Å². The van der Waals surface area contributed by atoms with Gasteiger partial charge in [-0.05, 0) is 44.0 Å². The Hall–Kier alpha value is -1.96. The number of ether oxygens (including phenoxy) is 2. The van der Waals surface area contributed by atoms with Gasteiger partial charge in [-0.1, -0.05) is 36.4 Å². The Morgan fingerprint density at radius 2 is 1.70 bits per heavy atom. The van der Waals surface area contributed by atoms with Gasteiger partial charge in [0.1, 0.15) is 6.61 Å². The van der Waals surface area contributed by atoms with E-state index in [1.807, 2.05) is 48.5 Å². The molecule has 2 N–H and O–H groups in total. The Balaban J connectivity index is 0.00000364. The lowest BCUT2D eigenvalue weighted by atomic mass is 10.1. The monoisotopic (exact) mass is 483 g/mol. The van der Waals surface area contributed by atoms with E-state index in [0.717, 1.165) is 28.6 Å². The number of nitrogens with one attached hydrogen (secondary N) is 2. The molecule has 0 aliphatic heterocycles. The number of halogens is 1. The van der Waals surface area contributed by atoms with Crippen molar-refractivity contribution < 1.29 is 9.47 Å². The second-order valence-corrected chi connectivity index (χ2v) is 7.06. The summed E-state index contributed by atoms with van der Waals surface area (Å²) in [6.45, 7) is 7.45.